The molecule has 24 heavy (non-hydrogen) atoms. The molecule has 0 fully saturated rings. The second-order valence-corrected chi connectivity index (χ2v) is 5.17. The van der Waals surface area contributed by atoms with Crippen molar-refractivity contribution in [1.82, 2.24) is 4.90 Å². The average molecular weight is 331 g/mol. The van der Waals surface area contributed by atoms with Crippen molar-refractivity contribution < 1.29 is 19.1 Å². The van der Waals surface area contributed by atoms with Gasteiger partial charge in [0.15, 0.2) is 17.6 Å². The lowest BCUT2D eigenvalue weighted by molar-refractivity contribution is -0.135. The molecular formula is C17H21N3O4. The lowest BCUT2D eigenvalue weighted by atomic mass is 10.1. The van der Waals surface area contributed by atoms with Crippen molar-refractivity contribution in [2.75, 3.05) is 20.7 Å². The Morgan fingerprint density at radius 3 is 2.54 bits per heavy atom. The molecule has 0 aliphatic rings. The first-order chi connectivity index (χ1) is 11.3. The minimum absolute atomic E-state index is 0.165. The molecule has 0 saturated heterocycles. The molecular weight excluding hydrogens is 310 g/mol. The zero-order chi connectivity index (χ0) is 18.3. The highest BCUT2D eigenvalue weighted by Gasteiger charge is 2.18. The number of primary amides is 1. The van der Waals surface area contributed by atoms with E-state index in [-0.39, 0.29) is 11.5 Å². The molecule has 1 rings (SSSR count). The Balaban J connectivity index is 3.14. The van der Waals surface area contributed by atoms with E-state index in [2.05, 4.69) is 0 Å². The lowest BCUT2D eigenvalue weighted by Gasteiger charge is -2.20. The first-order valence-corrected chi connectivity index (χ1v) is 7.36. The van der Waals surface area contributed by atoms with Crippen molar-refractivity contribution in [1.29, 1.82) is 5.26 Å². The van der Waals surface area contributed by atoms with E-state index in [1.807, 2.05) is 6.92 Å². The minimum Gasteiger partial charge on any atom is -0.490 e. The number of carbonyl (C=O) groups is 2. The van der Waals surface area contributed by atoms with Crippen LogP contribution in [0, 0.1) is 11.3 Å². The number of nitriles is 1. The monoisotopic (exact) mass is 331 g/mol. The summed E-state index contributed by atoms with van der Waals surface area (Å²) in [4.78, 5) is 24.5. The first kappa shape index (κ1) is 19.0. The van der Waals surface area contributed by atoms with Crippen LogP contribution in [0.5, 0.6) is 11.5 Å². The van der Waals surface area contributed by atoms with E-state index in [1.54, 1.807) is 45.3 Å². The summed E-state index contributed by atoms with van der Waals surface area (Å²) in [6.07, 6.45) is 0.684. The quantitative estimate of drug-likeness (QED) is 0.599. The van der Waals surface area contributed by atoms with Crippen molar-refractivity contribution in [2.45, 2.75) is 20.0 Å². The average Bonchev–Trinajstić information content (AvgIpc) is 2.53. The molecule has 128 valence electrons. The third kappa shape index (κ3) is 5.02. The Hall–Kier alpha value is -3.01. The third-order valence-electron chi connectivity index (χ3n) is 3.06. The highest BCUT2D eigenvalue weighted by atomic mass is 16.5. The van der Waals surface area contributed by atoms with Gasteiger partial charge in [-0.25, -0.2) is 0 Å². The zero-order valence-electron chi connectivity index (χ0n) is 14.2. The number of nitrogens with two attached hydrogens (primary N) is 1. The number of ether oxygens (including phenoxy) is 2. The van der Waals surface area contributed by atoms with Crippen LogP contribution < -0.4 is 15.2 Å². The van der Waals surface area contributed by atoms with Crippen LogP contribution in [-0.2, 0) is 9.59 Å². The van der Waals surface area contributed by atoms with Crippen LogP contribution in [0.2, 0.25) is 0 Å². The van der Waals surface area contributed by atoms with Crippen LogP contribution in [0.1, 0.15) is 19.4 Å². The summed E-state index contributed by atoms with van der Waals surface area (Å²) in [5, 5.41) is 8.90. The molecule has 1 aromatic rings. The summed E-state index contributed by atoms with van der Waals surface area (Å²) in [5.41, 5.74) is 5.52. The summed E-state index contributed by atoms with van der Waals surface area (Å²) >= 11 is 0. The van der Waals surface area contributed by atoms with Gasteiger partial charge in [-0.2, -0.15) is 5.26 Å². The normalized spacial score (nSPS) is 12.0. The topological polar surface area (TPSA) is 106 Å². The molecule has 2 N–H and O–H groups in total. The van der Waals surface area contributed by atoms with Crippen LogP contribution in [0.15, 0.2) is 23.8 Å². The SMILES string of the molecule is CCOc1cc(/C=C(\C#N)C(N)=O)ccc1O[C@H](C)C(=O)N(C)C. The molecule has 1 atom stereocenters. The highest BCUT2D eigenvalue weighted by Crippen LogP contribution is 2.30. The summed E-state index contributed by atoms with van der Waals surface area (Å²) in [5.74, 6) is -0.177. The Kier molecular flexibility index (Phi) is 6.80. The number of rotatable bonds is 7. The van der Waals surface area contributed by atoms with Crippen molar-refractivity contribution in [2.24, 2.45) is 5.73 Å². The predicted octanol–water partition coefficient (Wildman–Crippen LogP) is 1.33. The Labute approximate surface area is 141 Å². The number of benzene rings is 1. The van der Waals surface area contributed by atoms with Gasteiger partial charge in [0, 0.05) is 14.1 Å². The van der Waals surface area contributed by atoms with Gasteiger partial charge in [-0.1, -0.05) is 6.07 Å². The van der Waals surface area contributed by atoms with Crippen LogP contribution in [0.4, 0.5) is 0 Å². The second kappa shape index (κ2) is 8.58. The molecule has 7 heteroatoms. The third-order valence-corrected chi connectivity index (χ3v) is 3.06. The lowest BCUT2D eigenvalue weighted by Crippen LogP contribution is -2.35. The number of amides is 2. The molecule has 1 aromatic carbocycles. The van der Waals surface area contributed by atoms with Crippen molar-refractivity contribution in [3.63, 3.8) is 0 Å². The molecule has 0 spiro atoms. The standard InChI is InChI=1S/C17H21N3O4/c1-5-23-15-9-12(8-13(10-18)16(19)21)6-7-14(15)24-11(2)17(22)20(3)4/h6-9,11H,5H2,1-4H3,(H2,19,21)/b13-8+/t11-/m1/s1. The second-order valence-electron chi connectivity index (χ2n) is 5.17. The molecule has 0 saturated carbocycles. The smallest absolute Gasteiger partial charge is 0.262 e. The number of carbonyl (C=O) groups excluding carboxylic acids is 2. The first-order valence-electron chi connectivity index (χ1n) is 7.36. The predicted molar refractivity (Wildman–Crippen MR) is 89.2 cm³/mol. The van der Waals surface area contributed by atoms with Crippen molar-refractivity contribution in [3.8, 4) is 17.6 Å². The molecule has 0 aromatic heterocycles. The van der Waals surface area contributed by atoms with Gasteiger partial charge < -0.3 is 20.1 Å². The van der Waals surface area contributed by atoms with Gasteiger partial charge in [0.25, 0.3) is 11.8 Å². The Bertz CT molecular complexity index is 690. The van der Waals surface area contributed by atoms with E-state index in [0.29, 0.717) is 23.7 Å². The fraction of sp³-hybridized carbons (Fsp3) is 0.353. The van der Waals surface area contributed by atoms with Gasteiger partial charge in [0.2, 0.25) is 0 Å². The highest BCUT2D eigenvalue weighted by molar-refractivity contribution is 6.00. The van der Waals surface area contributed by atoms with E-state index < -0.39 is 12.0 Å². The van der Waals surface area contributed by atoms with E-state index in [4.69, 9.17) is 20.5 Å². The molecule has 0 heterocycles. The largest absolute Gasteiger partial charge is 0.490 e. The molecule has 7 nitrogen and oxygen atoms in total. The maximum Gasteiger partial charge on any atom is 0.262 e. The van der Waals surface area contributed by atoms with Gasteiger partial charge in [0.05, 0.1) is 6.61 Å². The summed E-state index contributed by atoms with van der Waals surface area (Å²) in [7, 11) is 3.29. The van der Waals surface area contributed by atoms with Gasteiger partial charge in [-0.3, -0.25) is 9.59 Å². The van der Waals surface area contributed by atoms with Crippen LogP contribution in [0.25, 0.3) is 6.08 Å². The van der Waals surface area contributed by atoms with Crippen LogP contribution in [0.3, 0.4) is 0 Å². The zero-order valence-corrected chi connectivity index (χ0v) is 14.2. The van der Waals surface area contributed by atoms with Gasteiger partial charge in [-0.15, -0.1) is 0 Å². The molecule has 0 aliphatic carbocycles. The van der Waals surface area contributed by atoms with E-state index in [9.17, 15) is 9.59 Å². The minimum atomic E-state index is -0.805. The summed E-state index contributed by atoms with van der Waals surface area (Å²) in [6.45, 7) is 3.85. The molecule has 0 bridgehead atoms. The van der Waals surface area contributed by atoms with E-state index in [0.717, 1.165) is 0 Å². The van der Waals surface area contributed by atoms with Crippen LogP contribution >= 0.6 is 0 Å². The van der Waals surface area contributed by atoms with Crippen molar-refractivity contribution in [3.05, 3.63) is 29.3 Å². The summed E-state index contributed by atoms with van der Waals surface area (Å²) in [6, 6.07) is 6.62. The fourth-order valence-corrected chi connectivity index (χ4v) is 1.91. The number of nitrogens with zero attached hydrogens (tertiary/aromatic N) is 2. The van der Waals surface area contributed by atoms with Crippen LogP contribution in [-0.4, -0.2) is 43.5 Å². The summed E-state index contributed by atoms with van der Waals surface area (Å²) < 4.78 is 11.2. The molecule has 0 aliphatic heterocycles. The van der Waals surface area contributed by atoms with Crippen molar-refractivity contribution >= 4 is 17.9 Å². The van der Waals surface area contributed by atoms with E-state index >= 15 is 0 Å². The van der Waals surface area contributed by atoms with Gasteiger partial charge >= 0.3 is 0 Å². The number of hydrogen-bond donors (Lipinski definition) is 1. The Morgan fingerprint density at radius 2 is 2.04 bits per heavy atom. The number of likely N-dealkylation sites (N-methyl/N-ethyl adjacent to an activating group) is 1. The fourth-order valence-electron chi connectivity index (χ4n) is 1.91. The number of hydrogen-bond acceptors (Lipinski definition) is 5. The maximum absolute atomic E-state index is 11.9. The van der Waals surface area contributed by atoms with E-state index in [1.165, 1.54) is 11.0 Å². The Morgan fingerprint density at radius 1 is 1.38 bits per heavy atom. The van der Waals surface area contributed by atoms with Gasteiger partial charge in [-0.05, 0) is 37.6 Å². The molecule has 0 unspecified atom stereocenters. The maximum atomic E-state index is 11.9. The molecule has 2 amide bonds. The van der Waals surface area contributed by atoms with Gasteiger partial charge in [0.1, 0.15) is 11.6 Å². The molecule has 0 radical (unpaired) electrons.